The first-order chi connectivity index (χ1) is 13.5. The minimum atomic E-state index is -0.988. The SMILES string of the molecule is O=C(c1ccccc1F)N1CCC2(CC1)NC(=O)N(Cc1ccccc1)C2=O. The average molecular weight is 381 g/mol. The summed E-state index contributed by atoms with van der Waals surface area (Å²) in [7, 11) is 0. The molecule has 6 nitrogen and oxygen atoms in total. The lowest BCUT2D eigenvalue weighted by Crippen LogP contribution is -2.55. The molecule has 28 heavy (non-hydrogen) atoms. The number of hydrogen-bond donors (Lipinski definition) is 1. The van der Waals surface area contributed by atoms with Gasteiger partial charge in [-0.05, 0) is 30.5 Å². The van der Waals surface area contributed by atoms with Crippen LogP contribution in [0.2, 0.25) is 0 Å². The second-order valence-corrected chi connectivity index (χ2v) is 7.16. The number of likely N-dealkylation sites (tertiary alicyclic amines) is 1. The number of benzene rings is 2. The van der Waals surface area contributed by atoms with E-state index in [0.29, 0.717) is 12.8 Å². The Balaban J connectivity index is 1.45. The van der Waals surface area contributed by atoms with Crippen LogP contribution in [0.3, 0.4) is 0 Å². The molecule has 144 valence electrons. The number of carbonyl (C=O) groups excluding carboxylic acids is 3. The zero-order valence-corrected chi connectivity index (χ0v) is 15.2. The van der Waals surface area contributed by atoms with E-state index in [0.717, 1.165) is 5.56 Å². The molecule has 2 aromatic rings. The Hall–Kier alpha value is -3.22. The Kier molecular flexibility index (Phi) is 4.58. The van der Waals surface area contributed by atoms with Crippen molar-refractivity contribution >= 4 is 17.8 Å². The summed E-state index contributed by atoms with van der Waals surface area (Å²) in [4.78, 5) is 40.7. The maximum Gasteiger partial charge on any atom is 0.325 e. The Labute approximate surface area is 161 Å². The topological polar surface area (TPSA) is 69.7 Å². The van der Waals surface area contributed by atoms with E-state index in [4.69, 9.17) is 0 Å². The van der Waals surface area contributed by atoms with E-state index < -0.39 is 23.3 Å². The van der Waals surface area contributed by atoms with Crippen molar-refractivity contribution in [3.05, 3.63) is 71.5 Å². The number of rotatable bonds is 3. The van der Waals surface area contributed by atoms with Crippen molar-refractivity contribution < 1.29 is 18.8 Å². The van der Waals surface area contributed by atoms with Gasteiger partial charge in [0.1, 0.15) is 11.4 Å². The predicted octanol–water partition coefficient (Wildman–Crippen LogP) is 2.55. The molecule has 0 bridgehead atoms. The van der Waals surface area contributed by atoms with E-state index >= 15 is 0 Å². The lowest BCUT2D eigenvalue weighted by molar-refractivity contribution is -0.133. The van der Waals surface area contributed by atoms with Crippen molar-refractivity contribution in [1.82, 2.24) is 15.1 Å². The zero-order chi connectivity index (χ0) is 19.7. The first kappa shape index (κ1) is 18.2. The molecular weight excluding hydrogens is 361 g/mol. The van der Waals surface area contributed by atoms with Gasteiger partial charge in [0.05, 0.1) is 12.1 Å². The molecule has 2 aliphatic heterocycles. The van der Waals surface area contributed by atoms with E-state index in [1.165, 1.54) is 28.0 Å². The molecule has 0 aromatic heterocycles. The number of nitrogens with one attached hydrogen (secondary N) is 1. The summed E-state index contributed by atoms with van der Waals surface area (Å²) in [5, 5.41) is 2.83. The molecule has 4 amide bonds. The zero-order valence-electron chi connectivity index (χ0n) is 15.2. The minimum Gasteiger partial charge on any atom is -0.338 e. The molecule has 1 N–H and O–H groups in total. The third-order valence-electron chi connectivity index (χ3n) is 5.44. The van der Waals surface area contributed by atoms with E-state index in [1.54, 1.807) is 6.07 Å². The van der Waals surface area contributed by atoms with Gasteiger partial charge in [0.2, 0.25) is 0 Å². The van der Waals surface area contributed by atoms with Crippen LogP contribution in [0.1, 0.15) is 28.8 Å². The molecule has 1 spiro atoms. The van der Waals surface area contributed by atoms with Gasteiger partial charge in [-0.3, -0.25) is 14.5 Å². The van der Waals surface area contributed by atoms with Crippen molar-refractivity contribution in [3.8, 4) is 0 Å². The van der Waals surface area contributed by atoms with E-state index in [1.807, 2.05) is 30.3 Å². The first-order valence-corrected chi connectivity index (χ1v) is 9.22. The van der Waals surface area contributed by atoms with Gasteiger partial charge in [-0.1, -0.05) is 42.5 Å². The maximum atomic E-state index is 13.9. The minimum absolute atomic E-state index is 0.0194. The van der Waals surface area contributed by atoms with Crippen LogP contribution >= 0.6 is 0 Å². The number of halogens is 1. The Morgan fingerprint density at radius 2 is 1.64 bits per heavy atom. The third kappa shape index (κ3) is 3.13. The molecule has 0 unspecified atom stereocenters. The fourth-order valence-corrected chi connectivity index (χ4v) is 3.82. The highest BCUT2D eigenvalue weighted by molar-refractivity contribution is 6.07. The van der Waals surface area contributed by atoms with Crippen LogP contribution in [0.5, 0.6) is 0 Å². The van der Waals surface area contributed by atoms with Crippen LogP contribution in [0.4, 0.5) is 9.18 Å². The molecule has 0 saturated carbocycles. The molecule has 0 atom stereocenters. The van der Waals surface area contributed by atoms with Crippen LogP contribution in [-0.4, -0.2) is 46.3 Å². The van der Waals surface area contributed by atoms with Gasteiger partial charge in [-0.25, -0.2) is 9.18 Å². The Bertz CT molecular complexity index is 924. The highest BCUT2D eigenvalue weighted by Gasteiger charge is 2.52. The molecule has 2 fully saturated rings. The van der Waals surface area contributed by atoms with Gasteiger partial charge in [0.25, 0.3) is 11.8 Å². The third-order valence-corrected chi connectivity index (χ3v) is 5.44. The Morgan fingerprint density at radius 1 is 1.00 bits per heavy atom. The maximum absolute atomic E-state index is 13.9. The molecule has 7 heteroatoms. The molecule has 2 heterocycles. The highest BCUT2D eigenvalue weighted by atomic mass is 19.1. The monoisotopic (exact) mass is 381 g/mol. The molecular formula is C21H20FN3O3. The van der Waals surface area contributed by atoms with Gasteiger partial charge in [0, 0.05) is 13.1 Å². The van der Waals surface area contributed by atoms with Crippen LogP contribution < -0.4 is 5.32 Å². The summed E-state index contributed by atoms with van der Waals surface area (Å²) in [5.41, 5.74) is -0.0983. The van der Waals surface area contributed by atoms with Gasteiger partial charge >= 0.3 is 6.03 Å². The fourth-order valence-electron chi connectivity index (χ4n) is 3.82. The summed E-state index contributed by atoms with van der Waals surface area (Å²) >= 11 is 0. The summed E-state index contributed by atoms with van der Waals surface area (Å²) < 4.78 is 13.9. The number of hydrogen-bond acceptors (Lipinski definition) is 3. The number of piperidine rings is 1. The smallest absolute Gasteiger partial charge is 0.325 e. The molecule has 2 aromatic carbocycles. The van der Waals surface area contributed by atoms with Crippen molar-refractivity contribution in [2.24, 2.45) is 0 Å². The molecule has 2 saturated heterocycles. The fraction of sp³-hybridized carbons (Fsp3) is 0.286. The van der Waals surface area contributed by atoms with Crippen LogP contribution in [-0.2, 0) is 11.3 Å². The van der Waals surface area contributed by atoms with Gasteiger partial charge < -0.3 is 10.2 Å². The van der Waals surface area contributed by atoms with Gasteiger partial charge in [-0.15, -0.1) is 0 Å². The van der Waals surface area contributed by atoms with Crippen molar-refractivity contribution in [1.29, 1.82) is 0 Å². The summed E-state index contributed by atoms with van der Waals surface area (Å²) in [6.45, 7) is 0.766. The van der Waals surface area contributed by atoms with Crippen LogP contribution in [0.25, 0.3) is 0 Å². The van der Waals surface area contributed by atoms with Crippen LogP contribution in [0.15, 0.2) is 54.6 Å². The summed E-state index contributed by atoms with van der Waals surface area (Å²) in [6, 6.07) is 14.7. The quantitative estimate of drug-likeness (QED) is 0.831. The normalized spacial score (nSPS) is 18.5. The number of amides is 4. The molecule has 0 aliphatic carbocycles. The van der Waals surface area contributed by atoms with Crippen molar-refractivity contribution in [2.45, 2.75) is 24.9 Å². The van der Waals surface area contributed by atoms with Crippen molar-refractivity contribution in [3.63, 3.8) is 0 Å². The number of imide groups is 1. The van der Waals surface area contributed by atoms with Gasteiger partial charge in [-0.2, -0.15) is 0 Å². The second kappa shape index (κ2) is 7.07. The second-order valence-electron chi connectivity index (χ2n) is 7.16. The predicted molar refractivity (Wildman–Crippen MR) is 99.8 cm³/mol. The largest absolute Gasteiger partial charge is 0.338 e. The van der Waals surface area contributed by atoms with E-state index in [-0.39, 0.29) is 31.1 Å². The van der Waals surface area contributed by atoms with Crippen LogP contribution in [0, 0.1) is 5.82 Å². The lowest BCUT2D eigenvalue weighted by atomic mass is 9.87. The van der Waals surface area contributed by atoms with E-state index in [9.17, 15) is 18.8 Å². The first-order valence-electron chi connectivity index (χ1n) is 9.22. The number of urea groups is 1. The van der Waals surface area contributed by atoms with Gasteiger partial charge in [0.15, 0.2) is 0 Å². The average Bonchev–Trinajstić information content (AvgIpc) is 2.93. The molecule has 0 radical (unpaired) electrons. The molecule has 2 aliphatic rings. The number of carbonyl (C=O) groups is 3. The van der Waals surface area contributed by atoms with Crippen molar-refractivity contribution in [2.75, 3.05) is 13.1 Å². The summed E-state index contributed by atoms with van der Waals surface area (Å²) in [5.74, 6) is -1.22. The standard InChI is InChI=1S/C21H20FN3O3/c22-17-9-5-4-8-16(17)18(26)24-12-10-21(11-13-24)19(27)25(20(28)23-21)14-15-6-2-1-3-7-15/h1-9H,10-14H2,(H,23,28). The lowest BCUT2D eigenvalue weighted by Gasteiger charge is -2.37. The van der Waals surface area contributed by atoms with E-state index in [2.05, 4.69) is 5.32 Å². The number of nitrogens with zero attached hydrogens (tertiary/aromatic N) is 2. The summed E-state index contributed by atoms with van der Waals surface area (Å²) in [6.07, 6.45) is 0.617. The highest BCUT2D eigenvalue weighted by Crippen LogP contribution is 2.31. The molecule has 4 rings (SSSR count). The Morgan fingerprint density at radius 3 is 2.32 bits per heavy atom.